The molecule has 4 heteroatoms. The Morgan fingerprint density at radius 1 is 1.18 bits per heavy atom. The Hall–Kier alpha value is -0.610. The molecule has 1 spiro atoms. The molecule has 2 aliphatic heterocycles. The van der Waals surface area contributed by atoms with E-state index in [4.69, 9.17) is 9.47 Å². The van der Waals surface area contributed by atoms with Crippen LogP contribution in [0.3, 0.4) is 0 Å². The molecule has 0 aromatic heterocycles. The highest BCUT2D eigenvalue weighted by Crippen LogP contribution is 2.35. The van der Waals surface area contributed by atoms with Crippen molar-refractivity contribution in [3.8, 4) is 0 Å². The van der Waals surface area contributed by atoms with Gasteiger partial charge in [0.15, 0.2) is 0 Å². The van der Waals surface area contributed by atoms with Crippen molar-refractivity contribution in [1.82, 2.24) is 5.32 Å². The number of rotatable bonds is 4. The Bertz CT molecular complexity index is 367. The van der Waals surface area contributed by atoms with Gasteiger partial charge in [-0.1, -0.05) is 32.6 Å². The topological polar surface area (TPSA) is 47.6 Å². The zero-order chi connectivity index (χ0) is 15.4. The average molecular weight is 309 g/mol. The molecular weight excluding hydrogens is 278 g/mol. The lowest BCUT2D eigenvalue weighted by molar-refractivity contribution is -0.145. The fourth-order valence-corrected chi connectivity index (χ4v) is 4.44. The maximum absolute atomic E-state index is 12.5. The molecule has 3 rings (SSSR count). The van der Waals surface area contributed by atoms with Gasteiger partial charge >= 0.3 is 0 Å². The first-order valence-corrected chi connectivity index (χ1v) is 9.19. The van der Waals surface area contributed by atoms with Crippen LogP contribution in [-0.4, -0.2) is 37.4 Å². The molecule has 1 amide bonds. The molecule has 2 heterocycles. The monoisotopic (exact) mass is 309 g/mol. The Balaban J connectivity index is 1.47. The van der Waals surface area contributed by atoms with Crippen molar-refractivity contribution in [2.24, 2.45) is 11.8 Å². The fraction of sp³-hybridized carbons (Fsp3) is 0.944. The van der Waals surface area contributed by atoms with Gasteiger partial charge in [0.1, 0.15) is 0 Å². The van der Waals surface area contributed by atoms with E-state index in [1.807, 2.05) is 0 Å². The molecule has 3 aliphatic rings. The summed E-state index contributed by atoms with van der Waals surface area (Å²) in [6.45, 7) is 4.44. The van der Waals surface area contributed by atoms with E-state index in [2.05, 4.69) is 12.2 Å². The summed E-state index contributed by atoms with van der Waals surface area (Å²) in [7, 11) is 0. The summed E-state index contributed by atoms with van der Waals surface area (Å²) < 4.78 is 11.5. The van der Waals surface area contributed by atoms with E-state index in [1.54, 1.807) is 0 Å². The van der Waals surface area contributed by atoms with Crippen molar-refractivity contribution in [1.29, 1.82) is 0 Å². The largest absolute Gasteiger partial charge is 0.381 e. The van der Waals surface area contributed by atoms with E-state index in [0.717, 1.165) is 57.8 Å². The number of nitrogens with one attached hydrogen (secondary N) is 1. The van der Waals surface area contributed by atoms with Gasteiger partial charge in [-0.2, -0.15) is 0 Å². The molecule has 1 aliphatic carbocycles. The Kier molecular flexibility index (Phi) is 5.40. The van der Waals surface area contributed by atoms with Crippen molar-refractivity contribution >= 4 is 5.91 Å². The lowest BCUT2D eigenvalue weighted by atomic mass is 9.84. The van der Waals surface area contributed by atoms with Crippen LogP contribution >= 0.6 is 0 Å². The van der Waals surface area contributed by atoms with Gasteiger partial charge in [0, 0.05) is 31.8 Å². The maximum Gasteiger partial charge on any atom is 0.223 e. The van der Waals surface area contributed by atoms with E-state index in [9.17, 15) is 4.79 Å². The van der Waals surface area contributed by atoms with E-state index >= 15 is 0 Å². The normalized spacial score (nSPS) is 30.3. The smallest absolute Gasteiger partial charge is 0.223 e. The molecule has 0 aromatic rings. The number of carbonyl (C=O) groups excluding carboxylic acids is 1. The van der Waals surface area contributed by atoms with Gasteiger partial charge in [-0.15, -0.1) is 0 Å². The van der Waals surface area contributed by atoms with Gasteiger partial charge in [-0.3, -0.25) is 4.79 Å². The predicted octanol–water partition coefficient (Wildman–Crippen LogP) is 3.05. The minimum Gasteiger partial charge on any atom is -0.381 e. The average Bonchev–Trinajstić information content (AvgIpc) is 3.01. The first-order valence-electron chi connectivity index (χ1n) is 9.19. The third kappa shape index (κ3) is 4.02. The summed E-state index contributed by atoms with van der Waals surface area (Å²) in [6, 6.07) is 0.283. The zero-order valence-electron chi connectivity index (χ0n) is 13.9. The van der Waals surface area contributed by atoms with Crippen LogP contribution in [0.4, 0.5) is 0 Å². The van der Waals surface area contributed by atoms with Crippen LogP contribution in [0, 0.1) is 11.8 Å². The lowest BCUT2D eigenvalue weighted by Crippen LogP contribution is -2.51. The number of hydrogen-bond donors (Lipinski definition) is 1. The number of amides is 1. The van der Waals surface area contributed by atoms with Crippen molar-refractivity contribution in [3.63, 3.8) is 0 Å². The third-order valence-electron chi connectivity index (χ3n) is 5.85. The lowest BCUT2D eigenvalue weighted by Gasteiger charge is -2.43. The molecule has 0 radical (unpaired) electrons. The summed E-state index contributed by atoms with van der Waals surface area (Å²) >= 11 is 0. The van der Waals surface area contributed by atoms with Gasteiger partial charge in [0.2, 0.25) is 5.91 Å². The molecule has 0 aromatic carbocycles. The summed E-state index contributed by atoms with van der Waals surface area (Å²) in [4.78, 5) is 12.5. The maximum atomic E-state index is 12.5. The molecule has 3 fully saturated rings. The predicted molar refractivity (Wildman–Crippen MR) is 85.6 cm³/mol. The SMILES string of the molecule is CC(CC1CCCC1)C(=O)NC1CCOC2(CCOCC2)C1. The van der Waals surface area contributed by atoms with Gasteiger partial charge < -0.3 is 14.8 Å². The van der Waals surface area contributed by atoms with Crippen LogP contribution in [0.1, 0.15) is 64.7 Å². The van der Waals surface area contributed by atoms with Gasteiger partial charge in [0.25, 0.3) is 0 Å². The standard InChI is InChI=1S/C18H31NO3/c1-14(12-15-4-2-3-5-15)17(20)19-16-6-9-22-18(13-16)7-10-21-11-8-18/h14-16H,2-13H2,1H3,(H,19,20). The third-order valence-corrected chi connectivity index (χ3v) is 5.85. The molecule has 2 unspecified atom stereocenters. The summed E-state index contributed by atoms with van der Waals surface area (Å²) in [5, 5.41) is 3.30. The molecule has 0 bridgehead atoms. The minimum absolute atomic E-state index is 0.0386. The van der Waals surface area contributed by atoms with Crippen LogP contribution in [0.5, 0.6) is 0 Å². The first kappa shape index (κ1) is 16.3. The van der Waals surface area contributed by atoms with E-state index in [-0.39, 0.29) is 23.5 Å². The zero-order valence-corrected chi connectivity index (χ0v) is 13.9. The first-order chi connectivity index (χ1) is 10.7. The Morgan fingerprint density at radius 3 is 2.64 bits per heavy atom. The summed E-state index contributed by atoms with van der Waals surface area (Å²) in [6.07, 6.45) is 10.2. The number of ether oxygens (including phenoxy) is 2. The molecule has 22 heavy (non-hydrogen) atoms. The number of hydrogen-bond acceptors (Lipinski definition) is 3. The quantitative estimate of drug-likeness (QED) is 0.868. The van der Waals surface area contributed by atoms with Crippen molar-refractivity contribution in [3.05, 3.63) is 0 Å². The van der Waals surface area contributed by atoms with Crippen LogP contribution in [0.25, 0.3) is 0 Å². The Labute approximate surface area is 134 Å². The fourth-order valence-electron chi connectivity index (χ4n) is 4.44. The molecular formula is C18H31NO3. The van der Waals surface area contributed by atoms with Gasteiger partial charge in [-0.05, 0) is 38.0 Å². The molecule has 1 saturated carbocycles. The van der Waals surface area contributed by atoms with E-state index < -0.39 is 0 Å². The van der Waals surface area contributed by atoms with Crippen molar-refractivity contribution in [2.75, 3.05) is 19.8 Å². The molecule has 2 saturated heterocycles. The molecule has 4 nitrogen and oxygen atoms in total. The molecule has 126 valence electrons. The van der Waals surface area contributed by atoms with E-state index in [1.165, 1.54) is 25.7 Å². The van der Waals surface area contributed by atoms with Crippen LogP contribution in [0.2, 0.25) is 0 Å². The molecule has 1 N–H and O–H groups in total. The Morgan fingerprint density at radius 2 is 1.91 bits per heavy atom. The van der Waals surface area contributed by atoms with Crippen molar-refractivity contribution in [2.45, 2.75) is 76.4 Å². The summed E-state index contributed by atoms with van der Waals surface area (Å²) in [5.74, 6) is 1.18. The molecule has 2 atom stereocenters. The highest BCUT2D eigenvalue weighted by atomic mass is 16.5. The van der Waals surface area contributed by atoms with Gasteiger partial charge in [-0.25, -0.2) is 0 Å². The van der Waals surface area contributed by atoms with Gasteiger partial charge in [0.05, 0.1) is 5.60 Å². The van der Waals surface area contributed by atoms with Crippen molar-refractivity contribution < 1.29 is 14.3 Å². The highest BCUT2D eigenvalue weighted by molar-refractivity contribution is 5.78. The second-order valence-electron chi connectivity index (χ2n) is 7.63. The van der Waals surface area contributed by atoms with Crippen LogP contribution in [-0.2, 0) is 14.3 Å². The highest BCUT2D eigenvalue weighted by Gasteiger charge is 2.39. The second kappa shape index (κ2) is 7.31. The van der Waals surface area contributed by atoms with E-state index in [0.29, 0.717) is 0 Å². The number of carbonyl (C=O) groups is 1. The summed E-state index contributed by atoms with van der Waals surface area (Å²) in [5.41, 5.74) is -0.0386. The van der Waals surface area contributed by atoms with Crippen LogP contribution < -0.4 is 5.32 Å². The minimum atomic E-state index is -0.0386. The second-order valence-corrected chi connectivity index (χ2v) is 7.63. The van der Waals surface area contributed by atoms with Crippen LogP contribution in [0.15, 0.2) is 0 Å².